The van der Waals surface area contributed by atoms with Gasteiger partial charge in [-0.1, -0.05) is 13.3 Å². The Morgan fingerprint density at radius 2 is 1.33 bits per heavy atom. The molecule has 24 heavy (non-hydrogen) atoms. The van der Waals surface area contributed by atoms with Crippen LogP contribution in [-0.2, 0) is 23.7 Å². The molecule has 6 heteroatoms. The zero-order chi connectivity index (χ0) is 17.5. The van der Waals surface area contributed by atoms with Gasteiger partial charge in [-0.3, -0.25) is 4.79 Å². The molecule has 1 aliphatic rings. The highest BCUT2D eigenvalue weighted by molar-refractivity contribution is 5.76. The first-order chi connectivity index (χ1) is 11.8. The van der Waals surface area contributed by atoms with E-state index in [0.29, 0.717) is 52.7 Å². The number of nitrogens with zero attached hydrogens (tertiary/aromatic N) is 1. The van der Waals surface area contributed by atoms with Gasteiger partial charge in [0.1, 0.15) is 0 Å². The molecule has 1 saturated heterocycles. The first-order valence-corrected chi connectivity index (χ1v) is 9.36. The van der Waals surface area contributed by atoms with E-state index in [-0.39, 0.29) is 5.91 Å². The quantitative estimate of drug-likeness (QED) is 0.451. The zero-order valence-corrected chi connectivity index (χ0v) is 15.5. The first-order valence-electron chi connectivity index (χ1n) is 9.36. The van der Waals surface area contributed by atoms with Crippen LogP contribution in [0.1, 0.15) is 39.5 Å². The number of ether oxygens (including phenoxy) is 4. The van der Waals surface area contributed by atoms with Crippen LogP contribution in [0.2, 0.25) is 0 Å². The van der Waals surface area contributed by atoms with Crippen molar-refractivity contribution in [2.75, 3.05) is 65.9 Å². The number of hydrogen-bond acceptors (Lipinski definition) is 5. The second-order valence-corrected chi connectivity index (χ2v) is 6.02. The fourth-order valence-electron chi connectivity index (χ4n) is 2.71. The van der Waals surface area contributed by atoms with Crippen molar-refractivity contribution < 1.29 is 23.7 Å². The van der Waals surface area contributed by atoms with E-state index >= 15 is 0 Å². The fraction of sp³-hybridized carbons (Fsp3) is 0.944. The van der Waals surface area contributed by atoms with Crippen molar-refractivity contribution in [3.63, 3.8) is 0 Å². The molecule has 1 aliphatic heterocycles. The van der Waals surface area contributed by atoms with Crippen LogP contribution >= 0.6 is 0 Å². The zero-order valence-electron chi connectivity index (χ0n) is 15.5. The Bertz CT molecular complexity index is 306. The molecule has 0 radical (unpaired) electrons. The molecule has 142 valence electrons. The molecule has 1 amide bonds. The molecule has 1 fully saturated rings. The molecule has 0 N–H and O–H groups in total. The molecule has 0 aromatic carbocycles. The summed E-state index contributed by atoms with van der Waals surface area (Å²) in [5.74, 6) is 1.01. The average molecular weight is 345 g/mol. The Balaban J connectivity index is 1.84. The second kappa shape index (κ2) is 14.6. The number of likely N-dealkylation sites (tertiary alicyclic amines) is 1. The summed E-state index contributed by atoms with van der Waals surface area (Å²) in [6, 6.07) is 0. The molecule has 0 spiro atoms. The maximum absolute atomic E-state index is 12.1. The van der Waals surface area contributed by atoms with Crippen molar-refractivity contribution in [1.29, 1.82) is 0 Å². The Morgan fingerprint density at radius 1 is 0.833 bits per heavy atom. The van der Waals surface area contributed by atoms with Crippen molar-refractivity contribution in [2.24, 2.45) is 5.92 Å². The predicted octanol–water partition coefficient (Wildman–Crippen LogP) is 2.11. The van der Waals surface area contributed by atoms with E-state index in [1.165, 1.54) is 6.42 Å². The first kappa shape index (κ1) is 21.4. The number of rotatable bonds is 14. The van der Waals surface area contributed by atoms with E-state index in [9.17, 15) is 4.79 Å². The SMILES string of the molecule is CCOCCOCCOCCOCCC(=O)N1CCC(CC)CC1. The Labute approximate surface area is 146 Å². The van der Waals surface area contributed by atoms with Gasteiger partial charge in [0.05, 0.1) is 52.7 Å². The summed E-state index contributed by atoms with van der Waals surface area (Å²) in [5.41, 5.74) is 0. The van der Waals surface area contributed by atoms with E-state index < -0.39 is 0 Å². The van der Waals surface area contributed by atoms with Gasteiger partial charge < -0.3 is 23.8 Å². The highest BCUT2D eigenvalue weighted by atomic mass is 16.6. The molecule has 0 aromatic heterocycles. The molecule has 6 nitrogen and oxygen atoms in total. The summed E-state index contributed by atoms with van der Waals surface area (Å²) in [6.45, 7) is 10.6. The average Bonchev–Trinajstić information content (AvgIpc) is 2.62. The van der Waals surface area contributed by atoms with Crippen LogP contribution in [-0.4, -0.2) is 76.8 Å². The number of piperidine rings is 1. The van der Waals surface area contributed by atoms with Crippen LogP contribution in [0, 0.1) is 5.92 Å². The maximum Gasteiger partial charge on any atom is 0.224 e. The Kier molecular flexibility index (Phi) is 13.0. The maximum atomic E-state index is 12.1. The monoisotopic (exact) mass is 345 g/mol. The number of carbonyl (C=O) groups is 1. The summed E-state index contributed by atoms with van der Waals surface area (Å²) < 4.78 is 21.4. The van der Waals surface area contributed by atoms with E-state index in [0.717, 1.165) is 38.5 Å². The lowest BCUT2D eigenvalue weighted by molar-refractivity contribution is -0.133. The molecule has 0 saturated carbocycles. The topological polar surface area (TPSA) is 57.2 Å². The summed E-state index contributed by atoms with van der Waals surface area (Å²) in [5, 5.41) is 0. The van der Waals surface area contributed by atoms with Crippen molar-refractivity contribution in [1.82, 2.24) is 4.90 Å². The van der Waals surface area contributed by atoms with Gasteiger partial charge in [-0.15, -0.1) is 0 Å². The largest absolute Gasteiger partial charge is 0.379 e. The summed E-state index contributed by atoms with van der Waals surface area (Å²) >= 11 is 0. The van der Waals surface area contributed by atoms with Crippen LogP contribution in [0.25, 0.3) is 0 Å². The van der Waals surface area contributed by atoms with Crippen LogP contribution in [0.5, 0.6) is 0 Å². The van der Waals surface area contributed by atoms with Crippen LogP contribution in [0.3, 0.4) is 0 Å². The van der Waals surface area contributed by atoms with Gasteiger partial charge in [0.15, 0.2) is 0 Å². The van der Waals surface area contributed by atoms with Crippen LogP contribution in [0.4, 0.5) is 0 Å². The molecule has 0 unspecified atom stereocenters. The van der Waals surface area contributed by atoms with Gasteiger partial charge in [0, 0.05) is 19.7 Å². The molecule has 0 aliphatic carbocycles. The summed E-state index contributed by atoms with van der Waals surface area (Å²) in [7, 11) is 0. The van der Waals surface area contributed by atoms with E-state index in [2.05, 4.69) is 6.92 Å². The Morgan fingerprint density at radius 3 is 1.83 bits per heavy atom. The van der Waals surface area contributed by atoms with Gasteiger partial charge in [0.25, 0.3) is 0 Å². The van der Waals surface area contributed by atoms with Crippen molar-refractivity contribution >= 4 is 5.91 Å². The number of carbonyl (C=O) groups excluding carboxylic acids is 1. The molecule has 0 aromatic rings. The lowest BCUT2D eigenvalue weighted by atomic mass is 9.94. The molecule has 1 rings (SSSR count). The standard InChI is InChI=1S/C18H35NO5/c1-3-17-5-8-19(9-6-17)18(20)7-10-22-13-14-24-16-15-23-12-11-21-4-2/h17H,3-16H2,1-2H3. The minimum absolute atomic E-state index is 0.216. The van der Waals surface area contributed by atoms with Crippen molar-refractivity contribution in [3.05, 3.63) is 0 Å². The second-order valence-electron chi connectivity index (χ2n) is 6.02. The highest BCUT2D eigenvalue weighted by Gasteiger charge is 2.21. The predicted molar refractivity (Wildman–Crippen MR) is 93.2 cm³/mol. The molecule has 0 bridgehead atoms. The minimum atomic E-state index is 0.216. The molecule has 0 atom stereocenters. The lowest BCUT2D eigenvalue weighted by Crippen LogP contribution is -2.38. The fourth-order valence-corrected chi connectivity index (χ4v) is 2.71. The van der Waals surface area contributed by atoms with Gasteiger partial charge in [-0.05, 0) is 25.7 Å². The lowest BCUT2D eigenvalue weighted by Gasteiger charge is -2.31. The van der Waals surface area contributed by atoms with Gasteiger partial charge in [-0.2, -0.15) is 0 Å². The molecular formula is C18H35NO5. The third-order valence-electron chi connectivity index (χ3n) is 4.33. The Hall–Kier alpha value is -0.690. The van der Waals surface area contributed by atoms with Crippen molar-refractivity contribution in [3.8, 4) is 0 Å². The summed E-state index contributed by atoms with van der Waals surface area (Å²) in [4.78, 5) is 14.0. The highest BCUT2D eigenvalue weighted by Crippen LogP contribution is 2.20. The molecular weight excluding hydrogens is 310 g/mol. The molecule has 1 heterocycles. The van der Waals surface area contributed by atoms with E-state index in [1.807, 2.05) is 11.8 Å². The number of hydrogen-bond donors (Lipinski definition) is 0. The van der Waals surface area contributed by atoms with E-state index in [4.69, 9.17) is 18.9 Å². The van der Waals surface area contributed by atoms with E-state index in [1.54, 1.807) is 0 Å². The minimum Gasteiger partial charge on any atom is -0.379 e. The van der Waals surface area contributed by atoms with Gasteiger partial charge in [-0.25, -0.2) is 0 Å². The van der Waals surface area contributed by atoms with Gasteiger partial charge in [0.2, 0.25) is 5.91 Å². The van der Waals surface area contributed by atoms with Crippen LogP contribution < -0.4 is 0 Å². The third kappa shape index (κ3) is 10.2. The van der Waals surface area contributed by atoms with Crippen molar-refractivity contribution in [2.45, 2.75) is 39.5 Å². The number of amides is 1. The third-order valence-corrected chi connectivity index (χ3v) is 4.33. The van der Waals surface area contributed by atoms with Crippen LogP contribution in [0.15, 0.2) is 0 Å². The van der Waals surface area contributed by atoms with Gasteiger partial charge >= 0.3 is 0 Å². The normalized spacial score (nSPS) is 15.8. The smallest absolute Gasteiger partial charge is 0.224 e. The summed E-state index contributed by atoms with van der Waals surface area (Å²) in [6.07, 6.45) is 3.98.